The molecule has 4 aromatic rings. The number of amides is 1. The third-order valence-corrected chi connectivity index (χ3v) is 4.69. The standard InChI is InChI=1S/C24H23N5O2/c1-15-11-16(2)13-19(12-15)24(30)28-20-5-7-21(8-6-20)31-23-14-22(26-17(3)27-23)29-10-9-25-18(29)4/h5-14H,1-4H3,(H,28,30). The highest BCUT2D eigenvalue weighted by molar-refractivity contribution is 6.04. The first-order chi connectivity index (χ1) is 14.9. The maximum absolute atomic E-state index is 12.5. The first-order valence-electron chi connectivity index (χ1n) is 9.91. The van der Waals surface area contributed by atoms with Crippen molar-refractivity contribution in [2.24, 2.45) is 0 Å². The van der Waals surface area contributed by atoms with Crippen LogP contribution in [0.2, 0.25) is 0 Å². The van der Waals surface area contributed by atoms with Gasteiger partial charge in [-0.1, -0.05) is 17.2 Å². The second kappa shape index (κ2) is 8.39. The molecule has 0 radical (unpaired) electrons. The van der Waals surface area contributed by atoms with Crippen LogP contribution in [0.1, 0.15) is 33.1 Å². The molecule has 0 unspecified atom stereocenters. The Morgan fingerprint density at radius 3 is 2.29 bits per heavy atom. The van der Waals surface area contributed by atoms with Crippen LogP contribution >= 0.6 is 0 Å². The quantitative estimate of drug-likeness (QED) is 0.501. The van der Waals surface area contributed by atoms with Crippen molar-refractivity contribution in [2.75, 3.05) is 5.32 Å². The zero-order valence-electron chi connectivity index (χ0n) is 17.9. The van der Waals surface area contributed by atoms with Crippen molar-refractivity contribution in [2.45, 2.75) is 27.7 Å². The molecule has 0 aliphatic heterocycles. The van der Waals surface area contributed by atoms with Gasteiger partial charge in [-0.05, 0) is 64.1 Å². The molecule has 0 aliphatic rings. The molecule has 2 aromatic heterocycles. The Labute approximate surface area is 180 Å². The number of hydrogen-bond acceptors (Lipinski definition) is 5. The molecular weight excluding hydrogens is 390 g/mol. The largest absolute Gasteiger partial charge is 0.439 e. The van der Waals surface area contributed by atoms with Crippen LogP contribution < -0.4 is 10.1 Å². The lowest BCUT2D eigenvalue weighted by atomic mass is 10.1. The average molecular weight is 413 g/mol. The fourth-order valence-electron chi connectivity index (χ4n) is 3.36. The van der Waals surface area contributed by atoms with Gasteiger partial charge in [-0.2, -0.15) is 4.98 Å². The third kappa shape index (κ3) is 4.78. The van der Waals surface area contributed by atoms with Gasteiger partial charge in [0.05, 0.1) is 0 Å². The van der Waals surface area contributed by atoms with Gasteiger partial charge >= 0.3 is 0 Å². The predicted molar refractivity (Wildman–Crippen MR) is 119 cm³/mol. The number of nitrogens with zero attached hydrogens (tertiary/aromatic N) is 4. The number of nitrogens with one attached hydrogen (secondary N) is 1. The number of anilines is 1. The number of hydrogen-bond donors (Lipinski definition) is 1. The fraction of sp³-hybridized carbons (Fsp3) is 0.167. The minimum absolute atomic E-state index is 0.146. The Balaban J connectivity index is 1.48. The van der Waals surface area contributed by atoms with Gasteiger partial charge in [0.15, 0.2) is 0 Å². The molecule has 0 saturated heterocycles. The number of carbonyl (C=O) groups excluding carboxylic acids is 1. The molecule has 0 fully saturated rings. The first kappa shape index (κ1) is 20.3. The van der Waals surface area contributed by atoms with Crippen molar-refractivity contribution in [1.29, 1.82) is 0 Å². The average Bonchev–Trinajstić information content (AvgIpc) is 3.14. The maximum atomic E-state index is 12.5. The summed E-state index contributed by atoms with van der Waals surface area (Å²) in [7, 11) is 0. The van der Waals surface area contributed by atoms with Gasteiger partial charge in [-0.15, -0.1) is 0 Å². The van der Waals surface area contributed by atoms with Gasteiger partial charge in [0.25, 0.3) is 5.91 Å². The molecule has 31 heavy (non-hydrogen) atoms. The smallest absolute Gasteiger partial charge is 0.255 e. The van der Waals surface area contributed by atoms with E-state index >= 15 is 0 Å². The molecule has 7 heteroatoms. The Morgan fingerprint density at radius 1 is 0.935 bits per heavy atom. The van der Waals surface area contributed by atoms with Gasteiger partial charge in [0.2, 0.25) is 5.88 Å². The second-order valence-corrected chi connectivity index (χ2v) is 7.41. The molecule has 156 valence electrons. The van der Waals surface area contributed by atoms with Crippen LogP contribution in [-0.2, 0) is 0 Å². The Morgan fingerprint density at radius 2 is 1.65 bits per heavy atom. The zero-order valence-corrected chi connectivity index (χ0v) is 17.9. The van der Waals surface area contributed by atoms with E-state index in [2.05, 4.69) is 20.3 Å². The molecule has 2 aromatic carbocycles. The van der Waals surface area contributed by atoms with Crippen LogP contribution in [0, 0.1) is 27.7 Å². The van der Waals surface area contributed by atoms with E-state index in [9.17, 15) is 4.79 Å². The molecule has 0 bridgehead atoms. The van der Waals surface area contributed by atoms with Gasteiger partial charge in [-0.25, -0.2) is 9.97 Å². The molecule has 1 amide bonds. The normalized spacial score (nSPS) is 10.7. The minimum atomic E-state index is -0.146. The number of aromatic nitrogens is 4. The van der Waals surface area contributed by atoms with Crippen molar-refractivity contribution in [3.05, 3.63) is 89.3 Å². The van der Waals surface area contributed by atoms with Crippen LogP contribution in [-0.4, -0.2) is 25.4 Å². The highest BCUT2D eigenvalue weighted by Crippen LogP contribution is 2.24. The third-order valence-electron chi connectivity index (χ3n) is 4.69. The Bertz CT molecular complexity index is 1230. The van der Waals surface area contributed by atoms with Gasteiger partial charge < -0.3 is 10.1 Å². The molecule has 7 nitrogen and oxygen atoms in total. The maximum Gasteiger partial charge on any atom is 0.255 e. The summed E-state index contributed by atoms with van der Waals surface area (Å²) in [5.41, 5.74) is 3.43. The summed E-state index contributed by atoms with van der Waals surface area (Å²) in [6.07, 6.45) is 3.56. The van der Waals surface area contributed by atoms with E-state index in [1.54, 1.807) is 36.5 Å². The highest BCUT2D eigenvalue weighted by Gasteiger charge is 2.10. The lowest BCUT2D eigenvalue weighted by Gasteiger charge is -2.10. The van der Waals surface area contributed by atoms with E-state index in [0.29, 0.717) is 34.5 Å². The fourth-order valence-corrected chi connectivity index (χ4v) is 3.36. The Hall–Kier alpha value is -4.00. The summed E-state index contributed by atoms with van der Waals surface area (Å²) in [5, 5.41) is 2.92. The number of carbonyl (C=O) groups is 1. The van der Waals surface area contributed by atoms with E-state index in [1.807, 2.05) is 56.7 Å². The van der Waals surface area contributed by atoms with Gasteiger partial charge in [0, 0.05) is 29.7 Å². The molecule has 0 aliphatic carbocycles. The van der Waals surface area contributed by atoms with Gasteiger partial charge in [0.1, 0.15) is 23.2 Å². The van der Waals surface area contributed by atoms with Crippen molar-refractivity contribution in [1.82, 2.24) is 19.5 Å². The van der Waals surface area contributed by atoms with Crippen LogP contribution in [0.25, 0.3) is 5.82 Å². The number of benzene rings is 2. The van der Waals surface area contributed by atoms with Crippen LogP contribution in [0.4, 0.5) is 5.69 Å². The van der Waals surface area contributed by atoms with Crippen molar-refractivity contribution < 1.29 is 9.53 Å². The summed E-state index contributed by atoms with van der Waals surface area (Å²) in [4.78, 5) is 25.6. The van der Waals surface area contributed by atoms with Crippen molar-refractivity contribution in [3.8, 4) is 17.4 Å². The van der Waals surface area contributed by atoms with E-state index in [-0.39, 0.29) is 5.91 Å². The zero-order chi connectivity index (χ0) is 22.0. The predicted octanol–water partition coefficient (Wildman–Crippen LogP) is 4.94. The van der Waals surface area contributed by atoms with Crippen molar-refractivity contribution >= 4 is 11.6 Å². The summed E-state index contributed by atoms with van der Waals surface area (Å²) >= 11 is 0. The molecule has 4 rings (SSSR count). The summed E-state index contributed by atoms with van der Waals surface area (Å²) in [6.45, 7) is 7.67. The summed E-state index contributed by atoms with van der Waals surface area (Å²) in [5.74, 6) is 3.01. The number of aryl methyl sites for hydroxylation is 4. The molecule has 0 saturated carbocycles. The lowest BCUT2D eigenvalue weighted by Crippen LogP contribution is -2.12. The molecule has 0 spiro atoms. The van der Waals surface area contributed by atoms with Gasteiger partial charge in [-0.3, -0.25) is 9.36 Å². The lowest BCUT2D eigenvalue weighted by molar-refractivity contribution is 0.102. The minimum Gasteiger partial charge on any atom is -0.439 e. The molecule has 1 N–H and O–H groups in total. The van der Waals surface area contributed by atoms with E-state index in [4.69, 9.17) is 4.74 Å². The molecular formula is C24H23N5O2. The summed E-state index contributed by atoms with van der Waals surface area (Å²) in [6, 6.07) is 14.7. The van der Waals surface area contributed by atoms with Crippen molar-refractivity contribution in [3.63, 3.8) is 0 Å². The first-order valence-corrected chi connectivity index (χ1v) is 9.91. The highest BCUT2D eigenvalue weighted by atomic mass is 16.5. The van der Waals surface area contributed by atoms with E-state index < -0.39 is 0 Å². The SMILES string of the molecule is Cc1cc(C)cc(C(=O)Nc2ccc(Oc3cc(-n4ccnc4C)nc(C)n3)cc2)c1. The molecule has 2 heterocycles. The number of imidazole rings is 1. The van der Waals surface area contributed by atoms with Crippen LogP contribution in [0.3, 0.4) is 0 Å². The second-order valence-electron chi connectivity index (χ2n) is 7.41. The monoisotopic (exact) mass is 413 g/mol. The summed E-state index contributed by atoms with van der Waals surface area (Å²) < 4.78 is 7.78. The van der Waals surface area contributed by atoms with E-state index in [1.165, 1.54) is 0 Å². The number of rotatable bonds is 5. The number of ether oxygens (including phenoxy) is 1. The van der Waals surface area contributed by atoms with Crippen LogP contribution in [0.5, 0.6) is 11.6 Å². The van der Waals surface area contributed by atoms with E-state index in [0.717, 1.165) is 17.0 Å². The molecule has 0 atom stereocenters. The topological polar surface area (TPSA) is 81.9 Å². The Kier molecular flexibility index (Phi) is 5.49. The van der Waals surface area contributed by atoms with Crippen LogP contribution in [0.15, 0.2) is 60.9 Å².